The van der Waals surface area contributed by atoms with E-state index < -0.39 is 28.7 Å². The maximum atomic E-state index is 13.1. The third kappa shape index (κ3) is 7.19. The lowest BCUT2D eigenvalue weighted by atomic mass is 10.0. The van der Waals surface area contributed by atoms with Crippen molar-refractivity contribution in [1.29, 1.82) is 0 Å². The first kappa shape index (κ1) is 29.5. The Labute approximate surface area is 244 Å². The topological polar surface area (TPSA) is 146 Å². The van der Waals surface area contributed by atoms with Gasteiger partial charge in [0.05, 0.1) is 27.6 Å². The normalized spacial score (nSPS) is 11.5. The first-order valence-electron chi connectivity index (χ1n) is 12.6. The van der Waals surface area contributed by atoms with Crippen LogP contribution in [0.3, 0.4) is 0 Å². The number of amides is 2. The molecule has 0 fully saturated rings. The Bertz CT molecular complexity index is 1630. The van der Waals surface area contributed by atoms with Crippen molar-refractivity contribution in [2.24, 2.45) is 0 Å². The summed E-state index contributed by atoms with van der Waals surface area (Å²) in [4.78, 5) is 55.2. The SMILES string of the molecule is CCC(Sc1cccc(NC(=O)c2ccc(C(=O)O)cc2C(=O)O)c1)C(=O)Nc1nc(-c2ccc(C)cc2)c(C)s1. The maximum absolute atomic E-state index is 13.1. The van der Waals surface area contributed by atoms with Crippen molar-refractivity contribution in [2.75, 3.05) is 10.6 Å². The lowest BCUT2D eigenvalue weighted by molar-refractivity contribution is -0.115. The van der Waals surface area contributed by atoms with Gasteiger partial charge in [-0.2, -0.15) is 0 Å². The van der Waals surface area contributed by atoms with Crippen LogP contribution in [-0.4, -0.2) is 44.2 Å². The molecule has 41 heavy (non-hydrogen) atoms. The average Bonchev–Trinajstić information content (AvgIpc) is 3.31. The molecule has 1 atom stereocenters. The zero-order valence-corrected chi connectivity index (χ0v) is 24.1. The van der Waals surface area contributed by atoms with Crippen LogP contribution in [0.15, 0.2) is 71.6 Å². The van der Waals surface area contributed by atoms with Gasteiger partial charge in [0.2, 0.25) is 5.91 Å². The summed E-state index contributed by atoms with van der Waals surface area (Å²) >= 11 is 2.74. The summed E-state index contributed by atoms with van der Waals surface area (Å²) in [6.45, 7) is 5.89. The van der Waals surface area contributed by atoms with E-state index in [9.17, 15) is 24.3 Å². The van der Waals surface area contributed by atoms with Crippen LogP contribution in [0.2, 0.25) is 0 Å². The molecule has 1 heterocycles. The second-order valence-corrected chi connectivity index (χ2v) is 11.6. The molecule has 4 rings (SSSR count). The number of aromatic nitrogens is 1. The Hall–Kier alpha value is -4.48. The second-order valence-electron chi connectivity index (χ2n) is 9.15. The van der Waals surface area contributed by atoms with E-state index in [1.807, 2.05) is 51.1 Å². The summed E-state index contributed by atoms with van der Waals surface area (Å²) in [5.74, 6) is -3.60. The van der Waals surface area contributed by atoms with Gasteiger partial charge in [0.1, 0.15) is 0 Å². The molecular formula is C30H27N3O6S2. The van der Waals surface area contributed by atoms with E-state index >= 15 is 0 Å². The number of benzene rings is 3. The molecule has 0 saturated heterocycles. The largest absolute Gasteiger partial charge is 0.478 e. The minimum Gasteiger partial charge on any atom is -0.478 e. The Kier molecular flexibility index (Phi) is 9.21. The van der Waals surface area contributed by atoms with Gasteiger partial charge in [-0.1, -0.05) is 42.8 Å². The smallest absolute Gasteiger partial charge is 0.336 e. The monoisotopic (exact) mass is 589 g/mol. The first-order chi connectivity index (χ1) is 19.5. The first-order valence-corrected chi connectivity index (χ1v) is 14.3. The van der Waals surface area contributed by atoms with Gasteiger partial charge >= 0.3 is 11.9 Å². The molecule has 1 aromatic heterocycles. The van der Waals surface area contributed by atoms with Gasteiger partial charge in [-0.3, -0.25) is 9.59 Å². The minimum absolute atomic E-state index is 0.171. The molecule has 210 valence electrons. The van der Waals surface area contributed by atoms with Gasteiger partial charge in [0.15, 0.2) is 5.13 Å². The molecule has 4 aromatic rings. The van der Waals surface area contributed by atoms with Gasteiger partial charge in [0, 0.05) is 21.0 Å². The minimum atomic E-state index is -1.42. The fraction of sp³-hybridized carbons (Fsp3) is 0.167. The summed E-state index contributed by atoms with van der Waals surface area (Å²) in [5.41, 5.74) is 2.54. The number of thioether (sulfide) groups is 1. The van der Waals surface area contributed by atoms with Crippen molar-refractivity contribution in [1.82, 2.24) is 4.98 Å². The number of nitrogens with zero attached hydrogens (tertiary/aromatic N) is 1. The Morgan fingerprint density at radius 3 is 2.29 bits per heavy atom. The fourth-order valence-corrected chi connectivity index (χ4v) is 5.85. The van der Waals surface area contributed by atoms with Crippen LogP contribution in [0.4, 0.5) is 10.8 Å². The molecular weight excluding hydrogens is 562 g/mol. The van der Waals surface area contributed by atoms with E-state index in [0.29, 0.717) is 17.2 Å². The fourth-order valence-electron chi connectivity index (χ4n) is 4.00. The Morgan fingerprint density at radius 1 is 0.902 bits per heavy atom. The summed E-state index contributed by atoms with van der Waals surface area (Å²) in [6.07, 6.45) is 0.542. The Morgan fingerprint density at radius 2 is 1.63 bits per heavy atom. The van der Waals surface area contributed by atoms with E-state index in [0.717, 1.165) is 32.7 Å². The molecule has 0 aliphatic rings. The molecule has 0 bridgehead atoms. The molecule has 1 unspecified atom stereocenters. The number of anilines is 2. The molecule has 9 nitrogen and oxygen atoms in total. The van der Waals surface area contributed by atoms with Crippen LogP contribution >= 0.6 is 23.1 Å². The molecule has 0 aliphatic heterocycles. The predicted molar refractivity (Wildman–Crippen MR) is 160 cm³/mol. The quantitative estimate of drug-likeness (QED) is 0.152. The maximum Gasteiger partial charge on any atom is 0.336 e. The van der Waals surface area contributed by atoms with Crippen LogP contribution in [0, 0.1) is 13.8 Å². The van der Waals surface area contributed by atoms with Gasteiger partial charge < -0.3 is 20.8 Å². The molecule has 11 heteroatoms. The highest BCUT2D eigenvalue weighted by atomic mass is 32.2. The van der Waals surface area contributed by atoms with E-state index in [-0.39, 0.29) is 17.0 Å². The van der Waals surface area contributed by atoms with Gasteiger partial charge in [-0.25, -0.2) is 14.6 Å². The van der Waals surface area contributed by atoms with Crippen molar-refractivity contribution in [3.8, 4) is 11.3 Å². The van der Waals surface area contributed by atoms with E-state index in [2.05, 4.69) is 15.6 Å². The van der Waals surface area contributed by atoms with E-state index in [1.165, 1.54) is 35.2 Å². The lowest BCUT2D eigenvalue weighted by Gasteiger charge is -2.15. The number of hydrogen-bond donors (Lipinski definition) is 4. The van der Waals surface area contributed by atoms with Crippen molar-refractivity contribution < 1.29 is 29.4 Å². The number of aryl methyl sites for hydroxylation is 2. The molecule has 0 radical (unpaired) electrons. The summed E-state index contributed by atoms with van der Waals surface area (Å²) < 4.78 is 0. The summed E-state index contributed by atoms with van der Waals surface area (Å²) in [7, 11) is 0. The number of carbonyl (C=O) groups is 4. The molecule has 0 saturated carbocycles. The zero-order chi connectivity index (χ0) is 29.7. The lowest BCUT2D eigenvalue weighted by Crippen LogP contribution is -2.24. The number of thiazole rings is 1. The van der Waals surface area contributed by atoms with Crippen LogP contribution in [-0.2, 0) is 4.79 Å². The molecule has 3 aromatic carbocycles. The molecule has 0 aliphatic carbocycles. The average molecular weight is 590 g/mol. The van der Waals surface area contributed by atoms with Crippen molar-refractivity contribution in [3.63, 3.8) is 0 Å². The van der Waals surface area contributed by atoms with Crippen LogP contribution in [0.5, 0.6) is 0 Å². The highest BCUT2D eigenvalue weighted by Crippen LogP contribution is 2.33. The number of aromatic carboxylic acids is 2. The second kappa shape index (κ2) is 12.8. The standard InChI is InChI=1S/C30H27N3O6S2/c1-4-24(27(35)33-30-32-25(17(3)40-30)18-10-8-16(2)9-11-18)41-21-7-5-6-20(15-21)31-26(34)22-13-12-19(28(36)37)14-23(22)29(38)39/h5-15,24H,4H2,1-3H3,(H,31,34)(H,36,37)(H,38,39)(H,32,33,35). The van der Waals surface area contributed by atoms with Crippen LogP contribution in [0.25, 0.3) is 11.3 Å². The third-order valence-corrected chi connectivity index (χ3v) is 8.37. The number of carboxylic acid groups (broad SMARTS) is 2. The van der Waals surface area contributed by atoms with Gasteiger partial charge in [0.25, 0.3) is 5.91 Å². The zero-order valence-electron chi connectivity index (χ0n) is 22.4. The van der Waals surface area contributed by atoms with Gasteiger partial charge in [-0.15, -0.1) is 23.1 Å². The molecule has 2 amide bonds. The number of nitrogens with one attached hydrogen (secondary N) is 2. The number of rotatable bonds is 10. The number of carbonyl (C=O) groups excluding carboxylic acids is 2. The highest BCUT2D eigenvalue weighted by molar-refractivity contribution is 8.00. The van der Waals surface area contributed by atoms with Crippen molar-refractivity contribution >= 4 is 57.7 Å². The molecule has 0 spiro atoms. The Balaban J connectivity index is 1.45. The van der Waals surface area contributed by atoms with Crippen LogP contribution in [0.1, 0.15) is 54.9 Å². The number of hydrogen-bond acceptors (Lipinski definition) is 7. The van der Waals surface area contributed by atoms with Crippen molar-refractivity contribution in [3.05, 3.63) is 93.9 Å². The highest BCUT2D eigenvalue weighted by Gasteiger charge is 2.22. The molecule has 4 N–H and O–H groups in total. The number of carboxylic acids is 2. The van der Waals surface area contributed by atoms with Crippen LogP contribution < -0.4 is 10.6 Å². The third-order valence-electron chi connectivity index (χ3n) is 6.13. The van der Waals surface area contributed by atoms with Crippen molar-refractivity contribution in [2.45, 2.75) is 37.3 Å². The van der Waals surface area contributed by atoms with E-state index in [1.54, 1.807) is 18.2 Å². The summed E-state index contributed by atoms with van der Waals surface area (Å²) in [5, 5.41) is 24.3. The van der Waals surface area contributed by atoms with Gasteiger partial charge in [-0.05, 0) is 56.7 Å². The summed E-state index contributed by atoms with van der Waals surface area (Å²) in [6, 6.07) is 18.2. The van der Waals surface area contributed by atoms with E-state index in [4.69, 9.17) is 5.11 Å². The predicted octanol–water partition coefficient (Wildman–Crippen LogP) is 6.59.